The zero-order chi connectivity index (χ0) is 22.8. The number of anilines is 1. The van der Waals surface area contributed by atoms with Gasteiger partial charge in [0.2, 0.25) is 0 Å². The lowest BCUT2D eigenvalue weighted by Crippen LogP contribution is -2.29. The molecular formula is C25H22N2O5. The molecule has 1 aliphatic heterocycles. The van der Waals surface area contributed by atoms with Crippen molar-refractivity contribution >= 4 is 23.1 Å². The average Bonchev–Trinajstić information content (AvgIpc) is 3.09. The Morgan fingerprint density at radius 1 is 1.03 bits per heavy atom. The topological polar surface area (TPSA) is 89.0 Å². The first-order valence-corrected chi connectivity index (χ1v) is 9.96. The number of carbonyl (C=O) groups is 2. The number of nitrogens with zero attached hydrogens (tertiary/aromatic N) is 2. The zero-order valence-corrected chi connectivity index (χ0v) is 17.9. The molecule has 0 saturated carbocycles. The molecule has 1 saturated heterocycles. The van der Waals surface area contributed by atoms with Crippen LogP contribution in [0.25, 0.3) is 5.76 Å². The van der Waals surface area contributed by atoms with Crippen molar-refractivity contribution in [2.45, 2.75) is 13.0 Å². The summed E-state index contributed by atoms with van der Waals surface area (Å²) in [6.45, 7) is 1.90. The summed E-state index contributed by atoms with van der Waals surface area (Å²) in [5, 5.41) is 11.3. The molecule has 0 radical (unpaired) electrons. The largest absolute Gasteiger partial charge is 0.507 e. The van der Waals surface area contributed by atoms with Crippen molar-refractivity contribution in [2.75, 3.05) is 19.1 Å². The molecule has 1 aromatic heterocycles. The molecule has 7 nitrogen and oxygen atoms in total. The van der Waals surface area contributed by atoms with Gasteiger partial charge >= 0.3 is 0 Å². The van der Waals surface area contributed by atoms with Crippen LogP contribution in [0.3, 0.4) is 0 Å². The zero-order valence-electron chi connectivity index (χ0n) is 17.9. The highest BCUT2D eigenvalue weighted by Gasteiger charge is 2.47. The molecule has 2 heterocycles. The van der Waals surface area contributed by atoms with Crippen LogP contribution in [0.5, 0.6) is 11.5 Å². The van der Waals surface area contributed by atoms with Gasteiger partial charge in [0.25, 0.3) is 11.7 Å². The lowest BCUT2D eigenvalue weighted by molar-refractivity contribution is -0.132. The van der Waals surface area contributed by atoms with Gasteiger partial charge in [-0.05, 0) is 48.4 Å². The number of aryl methyl sites for hydroxylation is 1. The first-order valence-electron chi connectivity index (χ1n) is 9.96. The second-order valence-corrected chi connectivity index (χ2v) is 7.36. The van der Waals surface area contributed by atoms with E-state index >= 15 is 0 Å². The lowest BCUT2D eigenvalue weighted by atomic mass is 9.95. The van der Waals surface area contributed by atoms with Crippen molar-refractivity contribution in [1.29, 1.82) is 0 Å². The number of hydrogen-bond acceptors (Lipinski definition) is 6. The molecule has 1 unspecified atom stereocenters. The van der Waals surface area contributed by atoms with Crippen LogP contribution in [0.4, 0.5) is 5.69 Å². The van der Waals surface area contributed by atoms with Crippen LogP contribution in [-0.4, -0.2) is 36.0 Å². The molecular weight excluding hydrogens is 408 g/mol. The van der Waals surface area contributed by atoms with E-state index < -0.39 is 17.7 Å². The fourth-order valence-electron chi connectivity index (χ4n) is 3.87. The molecule has 32 heavy (non-hydrogen) atoms. The third-order valence-corrected chi connectivity index (χ3v) is 5.39. The van der Waals surface area contributed by atoms with Crippen LogP contribution in [0.2, 0.25) is 0 Å². The maximum atomic E-state index is 13.2. The summed E-state index contributed by atoms with van der Waals surface area (Å²) in [6, 6.07) is 14.8. The number of aromatic nitrogens is 1. The molecule has 0 spiro atoms. The molecule has 7 heteroatoms. The summed E-state index contributed by atoms with van der Waals surface area (Å²) in [6.07, 6.45) is 3.19. The summed E-state index contributed by atoms with van der Waals surface area (Å²) in [7, 11) is 2.97. The fraction of sp³-hybridized carbons (Fsp3) is 0.160. The third kappa shape index (κ3) is 3.58. The van der Waals surface area contributed by atoms with Crippen molar-refractivity contribution in [3.05, 3.63) is 89.3 Å². The van der Waals surface area contributed by atoms with E-state index in [1.165, 1.54) is 19.1 Å². The van der Waals surface area contributed by atoms with Crippen molar-refractivity contribution in [3.8, 4) is 11.5 Å². The van der Waals surface area contributed by atoms with Crippen LogP contribution >= 0.6 is 0 Å². The number of ether oxygens (including phenoxy) is 2. The standard InChI is InChI=1S/C25H22N2O5/c1-15-6-4-8-17(12-15)27-22(16-7-5-11-26-14-16)21(24(29)25(27)30)23(28)19-10-9-18(31-2)13-20(19)32-3/h4-14,22,28H,1-3H3/b23-21-. The van der Waals surface area contributed by atoms with Crippen LogP contribution in [0.15, 0.2) is 72.6 Å². The maximum Gasteiger partial charge on any atom is 0.300 e. The quantitative estimate of drug-likeness (QED) is 0.373. The molecule has 1 amide bonds. The number of pyridine rings is 1. The summed E-state index contributed by atoms with van der Waals surface area (Å²) in [4.78, 5) is 31.9. The second kappa shape index (κ2) is 8.55. The van der Waals surface area contributed by atoms with Crippen LogP contribution in [0, 0.1) is 6.92 Å². The lowest BCUT2D eigenvalue weighted by Gasteiger charge is -2.25. The number of methoxy groups -OCH3 is 2. The number of benzene rings is 2. The van der Waals surface area contributed by atoms with E-state index in [0.29, 0.717) is 22.7 Å². The first kappa shape index (κ1) is 21.1. The fourth-order valence-corrected chi connectivity index (χ4v) is 3.87. The highest BCUT2D eigenvalue weighted by molar-refractivity contribution is 6.51. The van der Waals surface area contributed by atoms with Crippen LogP contribution in [0.1, 0.15) is 22.7 Å². The highest BCUT2D eigenvalue weighted by Crippen LogP contribution is 2.43. The number of amides is 1. The Bertz CT molecular complexity index is 1220. The number of aliphatic hydroxyl groups excluding tert-OH is 1. The Hall–Kier alpha value is -4.13. The van der Waals surface area contributed by atoms with Crippen molar-refractivity contribution < 1.29 is 24.2 Å². The van der Waals surface area contributed by atoms with Crippen molar-refractivity contribution in [3.63, 3.8) is 0 Å². The molecule has 4 rings (SSSR count). The van der Waals surface area contributed by atoms with Gasteiger partial charge in [-0.1, -0.05) is 18.2 Å². The summed E-state index contributed by atoms with van der Waals surface area (Å²) in [5.74, 6) is -0.989. The predicted molar refractivity (Wildman–Crippen MR) is 120 cm³/mol. The summed E-state index contributed by atoms with van der Waals surface area (Å²) < 4.78 is 10.6. The molecule has 1 fully saturated rings. The maximum absolute atomic E-state index is 13.2. The van der Waals surface area contributed by atoms with Crippen molar-refractivity contribution in [1.82, 2.24) is 4.98 Å². The second-order valence-electron chi connectivity index (χ2n) is 7.36. The number of Topliss-reactive ketones (excluding diaryl/α,β-unsaturated/α-hetero) is 1. The van der Waals surface area contributed by atoms with Gasteiger partial charge in [0, 0.05) is 24.1 Å². The Balaban J connectivity index is 1.96. The van der Waals surface area contributed by atoms with Gasteiger partial charge in [-0.2, -0.15) is 0 Å². The van der Waals surface area contributed by atoms with E-state index in [4.69, 9.17) is 9.47 Å². The molecule has 1 atom stereocenters. The molecule has 3 aromatic rings. The minimum Gasteiger partial charge on any atom is -0.507 e. The Kier molecular flexibility index (Phi) is 5.64. The SMILES string of the molecule is COc1ccc(/C(O)=C2/C(=O)C(=O)N(c3cccc(C)c3)C2c2cccnc2)c(OC)c1. The Morgan fingerprint density at radius 3 is 2.50 bits per heavy atom. The molecule has 1 N–H and O–H groups in total. The van der Waals surface area contributed by atoms with E-state index in [-0.39, 0.29) is 16.9 Å². The van der Waals surface area contributed by atoms with Gasteiger partial charge < -0.3 is 14.6 Å². The molecule has 2 aromatic carbocycles. The van der Waals surface area contributed by atoms with Gasteiger partial charge in [0.1, 0.15) is 17.3 Å². The highest BCUT2D eigenvalue weighted by atomic mass is 16.5. The van der Waals surface area contributed by atoms with Gasteiger partial charge in [0.15, 0.2) is 0 Å². The Labute approximate surface area is 185 Å². The van der Waals surface area contributed by atoms with E-state index in [2.05, 4.69) is 4.98 Å². The van der Waals surface area contributed by atoms with E-state index in [1.54, 1.807) is 48.8 Å². The number of rotatable bonds is 5. The number of hydrogen-bond donors (Lipinski definition) is 1. The summed E-state index contributed by atoms with van der Waals surface area (Å²) in [5.41, 5.74) is 2.34. The van der Waals surface area contributed by atoms with E-state index in [1.807, 2.05) is 25.1 Å². The number of carbonyl (C=O) groups excluding carboxylic acids is 2. The molecule has 0 bridgehead atoms. The number of aliphatic hydroxyl groups is 1. The first-order chi connectivity index (χ1) is 15.5. The van der Waals surface area contributed by atoms with Gasteiger partial charge in [-0.3, -0.25) is 19.5 Å². The smallest absolute Gasteiger partial charge is 0.300 e. The summed E-state index contributed by atoms with van der Waals surface area (Å²) >= 11 is 0. The number of ketones is 1. The average molecular weight is 430 g/mol. The van der Waals surface area contributed by atoms with E-state index in [0.717, 1.165) is 5.56 Å². The van der Waals surface area contributed by atoms with Crippen LogP contribution in [-0.2, 0) is 9.59 Å². The Morgan fingerprint density at radius 2 is 1.84 bits per heavy atom. The minimum atomic E-state index is -0.850. The monoisotopic (exact) mass is 430 g/mol. The van der Waals surface area contributed by atoms with E-state index in [9.17, 15) is 14.7 Å². The van der Waals surface area contributed by atoms with Crippen LogP contribution < -0.4 is 14.4 Å². The van der Waals surface area contributed by atoms with Gasteiger partial charge in [-0.25, -0.2) is 0 Å². The third-order valence-electron chi connectivity index (χ3n) is 5.39. The van der Waals surface area contributed by atoms with Gasteiger partial charge in [-0.15, -0.1) is 0 Å². The molecule has 0 aliphatic carbocycles. The minimum absolute atomic E-state index is 0.0343. The van der Waals surface area contributed by atoms with Crippen molar-refractivity contribution in [2.24, 2.45) is 0 Å². The predicted octanol–water partition coefficient (Wildman–Crippen LogP) is 4.03. The molecule has 1 aliphatic rings. The normalized spacial score (nSPS) is 17.5. The molecule has 162 valence electrons. The van der Waals surface area contributed by atoms with Gasteiger partial charge in [0.05, 0.1) is 31.4 Å².